The van der Waals surface area contributed by atoms with E-state index in [1.807, 2.05) is 43.1 Å². The summed E-state index contributed by atoms with van der Waals surface area (Å²) in [5, 5.41) is 3.98. The highest BCUT2D eigenvalue weighted by Crippen LogP contribution is 2.31. The van der Waals surface area contributed by atoms with Crippen LogP contribution in [0.2, 0.25) is 5.02 Å². The van der Waals surface area contributed by atoms with E-state index in [2.05, 4.69) is 19.6 Å². The van der Waals surface area contributed by atoms with Gasteiger partial charge in [0.05, 0.1) is 11.9 Å². The van der Waals surface area contributed by atoms with Crippen LogP contribution in [-0.2, 0) is 27.9 Å². The van der Waals surface area contributed by atoms with Crippen molar-refractivity contribution in [2.75, 3.05) is 18.1 Å². The van der Waals surface area contributed by atoms with Crippen LogP contribution in [0.1, 0.15) is 43.5 Å². The number of likely N-dealkylation sites (tertiary alicyclic amines) is 1. The van der Waals surface area contributed by atoms with E-state index in [4.69, 9.17) is 22.3 Å². The molecular weight excluding hydrogens is 538 g/mol. The number of allylic oxidation sites excluding steroid dienone is 1. The third-order valence-electron chi connectivity index (χ3n) is 6.89. The van der Waals surface area contributed by atoms with Crippen LogP contribution < -0.4 is 11.1 Å². The number of amidine groups is 1. The van der Waals surface area contributed by atoms with Crippen molar-refractivity contribution in [3.63, 3.8) is 0 Å². The summed E-state index contributed by atoms with van der Waals surface area (Å²) in [5.41, 5.74) is 10.0. The normalized spacial score (nSPS) is 20.9. The molecule has 2 aliphatic rings. The molecule has 1 fully saturated rings. The summed E-state index contributed by atoms with van der Waals surface area (Å²) >= 11 is 6.14. The third-order valence-corrected chi connectivity index (χ3v) is 7.85. The van der Waals surface area contributed by atoms with Crippen LogP contribution >= 0.6 is 11.6 Å². The molecule has 10 nitrogen and oxygen atoms in total. The fraction of sp³-hybridized carbons (Fsp3) is 0.407. The molecule has 12 heteroatoms. The van der Waals surface area contributed by atoms with Crippen molar-refractivity contribution in [1.82, 2.24) is 19.8 Å². The Morgan fingerprint density at radius 1 is 1.31 bits per heavy atom. The van der Waals surface area contributed by atoms with Gasteiger partial charge in [-0.05, 0) is 63.5 Å². The molecule has 0 unspecified atom stereocenters. The van der Waals surface area contributed by atoms with Crippen LogP contribution in [0.4, 0.5) is 11.6 Å². The summed E-state index contributed by atoms with van der Waals surface area (Å²) in [6.07, 6.45) is 9.10. The number of nitrogens with zero attached hydrogens (tertiary/aromatic N) is 5. The highest BCUT2D eigenvalue weighted by atomic mass is 35.5. The van der Waals surface area contributed by atoms with Gasteiger partial charge in [-0.25, -0.2) is 18.4 Å². The smallest absolute Gasteiger partial charge is 0.254 e. The van der Waals surface area contributed by atoms with Gasteiger partial charge < -0.3 is 16.0 Å². The number of hydrogen-bond acceptors (Lipinski definition) is 7. The fourth-order valence-corrected chi connectivity index (χ4v) is 5.59. The molecule has 39 heavy (non-hydrogen) atoms. The first kappa shape index (κ1) is 28.7. The number of amides is 1. The summed E-state index contributed by atoms with van der Waals surface area (Å²) < 4.78 is 26.3. The maximum absolute atomic E-state index is 13.3. The zero-order valence-electron chi connectivity index (χ0n) is 22.6. The van der Waals surface area contributed by atoms with Gasteiger partial charge in [-0.1, -0.05) is 23.8 Å². The van der Waals surface area contributed by atoms with Gasteiger partial charge in [-0.2, -0.15) is 0 Å². The van der Waals surface area contributed by atoms with Crippen LogP contribution in [0.15, 0.2) is 52.6 Å². The van der Waals surface area contributed by atoms with Crippen LogP contribution in [0.25, 0.3) is 0 Å². The second-order valence-electron chi connectivity index (χ2n) is 10.0. The SMILES string of the molecule is C/C=C\C(=C/C(N)=NS(C)(=O)=O)C(=O)N1CC[C@H](N2Cc3cnc(Nc4ccc(Cl)c(C)c4)nc3C2)C[C@H]1C. The van der Waals surface area contributed by atoms with Gasteiger partial charge in [0.25, 0.3) is 15.9 Å². The van der Waals surface area contributed by atoms with Gasteiger partial charge in [-0.3, -0.25) is 9.69 Å². The Labute approximate surface area is 234 Å². The Morgan fingerprint density at radius 3 is 2.74 bits per heavy atom. The molecule has 2 aliphatic heterocycles. The molecule has 0 spiro atoms. The molecule has 1 saturated heterocycles. The molecule has 1 amide bonds. The van der Waals surface area contributed by atoms with Crippen LogP contribution in [0.3, 0.4) is 0 Å². The van der Waals surface area contributed by atoms with Gasteiger partial charge in [0.1, 0.15) is 5.84 Å². The molecule has 208 valence electrons. The predicted molar refractivity (Wildman–Crippen MR) is 154 cm³/mol. The van der Waals surface area contributed by atoms with E-state index in [1.165, 1.54) is 6.08 Å². The van der Waals surface area contributed by atoms with E-state index in [1.54, 1.807) is 19.1 Å². The van der Waals surface area contributed by atoms with Crippen LogP contribution in [0, 0.1) is 6.92 Å². The maximum Gasteiger partial charge on any atom is 0.254 e. The monoisotopic (exact) mass is 571 g/mol. The summed E-state index contributed by atoms with van der Waals surface area (Å²) in [5.74, 6) is 0.125. The standard InChI is InChI=1S/C27H34ClN7O3S/c1-5-6-19(13-25(29)33-39(4,37)38)26(36)35-10-9-22(12-18(35)3)34-15-20-14-30-27(32-24(20)16-34)31-21-7-8-23(28)17(2)11-21/h5-8,11,13-14,18,22H,9-10,12,15-16H2,1-4H3,(H2,29,33)(H,30,31,32)/b6-5-,19-13+/t18-,22+/m1/s1. The lowest BCUT2D eigenvalue weighted by molar-refractivity contribution is -0.131. The highest BCUT2D eigenvalue weighted by Gasteiger charge is 2.35. The summed E-state index contributed by atoms with van der Waals surface area (Å²) in [4.78, 5) is 26.8. The summed E-state index contributed by atoms with van der Waals surface area (Å²) in [7, 11) is -3.66. The van der Waals surface area contributed by atoms with Crippen molar-refractivity contribution >= 4 is 45.0 Å². The van der Waals surface area contributed by atoms with E-state index in [0.29, 0.717) is 29.1 Å². The number of anilines is 2. The quantitative estimate of drug-likeness (QED) is 0.222. The average molecular weight is 572 g/mol. The van der Waals surface area contributed by atoms with E-state index >= 15 is 0 Å². The van der Waals surface area contributed by atoms with E-state index in [9.17, 15) is 13.2 Å². The molecule has 3 N–H and O–H groups in total. The first-order valence-electron chi connectivity index (χ1n) is 12.8. The van der Waals surface area contributed by atoms with Crippen molar-refractivity contribution in [3.05, 3.63) is 70.0 Å². The minimum Gasteiger partial charge on any atom is -0.383 e. The maximum atomic E-state index is 13.3. The lowest BCUT2D eigenvalue weighted by Crippen LogP contribution is -2.50. The first-order chi connectivity index (χ1) is 18.4. The topological polar surface area (TPSA) is 134 Å². The zero-order chi connectivity index (χ0) is 28.3. The second-order valence-corrected chi connectivity index (χ2v) is 12.1. The zero-order valence-corrected chi connectivity index (χ0v) is 24.1. The molecule has 0 radical (unpaired) electrons. The van der Waals surface area contributed by atoms with Crippen molar-refractivity contribution in [1.29, 1.82) is 0 Å². The van der Waals surface area contributed by atoms with E-state index in [0.717, 1.165) is 54.7 Å². The number of rotatable bonds is 7. The Morgan fingerprint density at radius 2 is 2.08 bits per heavy atom. The van der Waals surface area contributed by atoms with E-state index < -0.39 is 10.0 Å². The van der Waals surface area contributed by atoms with Crippen molar-refractivity contribution in [2.45, 2.75) is 58.8 Å². The number of carbonyl (C=O) groups is 1. The molecule has 4 rings (SSSR count). The Bertz CT molecular complexity index is 1460. The summed E-state index contributed by atoms with van der Waals surface area (Å²) in [6, 6.07) is 5.99. The molecule has 0 aliphatic carbocycles. The number of fused-ring (bicyclic) bond motifs is 1. The Balaban J connectivity index is 1.40. The molecule has 2 atom stereocenters. The lowest BCUT2D eigenvalue weighted by atomic mass is 9.96. The van der Waals surface area contributed by atoms with Gasteiger partial charge in [-0.15, -0.1) is 4.40 Å². The van der Waals surface area contributed by atoms with Crippen molar-refractivity contribution in [3.8, 4) is 0 Å². The number of halogens is 1. The second kappa shape index (κ2) is 11.8. The number of aryl methyl sites for hydroxylation is 1. The lowest BCUT2D eigenvalue weighted by Gasteiger charge is -2.41. The molecule has 1 aromatic heterocycles. The summed E-state index contributed by atoms with van der Waals surface area (Å²) in [6.45, 7) is 7.83. The van der Waals surface area contributed by atoms with Crippen LogP contribution in [-0.4, -0.2) is 64.8 Å². The fourth-order valence-electron chi connectivity index (χ4n) is 5.03. The number of nitrogens with one attached hydrogen (secondary N) is 1. The molecule has 3 heterocycles. The number of sulfonamides is 1. The van der Waals surface area contributed by atoms with Crippen LogP contribution in [0.5, 0.6) is 0 Å². The Kier molecular flexibility index (Phi) is 8.73. The minimum atomic E-state index is -3.66. The van der Waals surface area contributed by atoms with Crippen molar-refractivity contribution < 1.29 is 13.2 Å². The van der Waals surface area contributed by atoms with Gasteiger partial charge in [0, 0.05) is 59.8 Å². The van der Waals surface area contributed by atoms with Gasteiger partial charge in [0.15, 0.2) is 0 Å². The number of carbonyl (C=O) groups excluding carboxylic acids is 1. The molecule has 0 bridgehead atoms. The highest BCUT2D eigenvalue weighted by molar-refractivity contribution is 7.89. The number of aromatic nitrogens is 2. The van der Waals surface area contributed by atoms with E-state index in [-0.39, 0.29) is 17.8 Å². The average Bonchev–Trinajstić information content (AvgIpc) is 3.28. The first-order valence-corrected chi connectivity index (χ1v) is 15.0. The Hall–Kier alpha value is -3.28. The molecular formula is C27H34ClN7O3S. The van der Waals surface area contributed by atoms with Gasteiger partial charge >= 0.3 is 0 Å². The minimum absolute atomic E-state index is 0.0156. The molecule has 0 saturated carbocycles. The number of hydrogen-bond donors (Lipinski definition) is 2. The largest absolute Gasteiger partial charge is 0.383 e. The molecule has 2 aromatic rings. The van der Waals surface area contributed by atoms with Crippen molar-refractivity contribution in [2.24, 2.45) is 10.1 Å². The molecule has 1 aromatic carbocycles. The third kappa shape index (κ3) is 7.23. The number of nitrogens with two attached hydrogens (primary N) is 1. The number of piperidine rings is 1. The number of benzene rings is 1. The predicted octanol–water partition coefficient (Wildman–Crippen LogP) is 3.70. The van der Waals surface area contributed by atoms with Gasteiger partial charge in [0.2, 0.25) is 5.95 Å².